The summed E-state index contributed by atoms with van der Waals surface area (Å²) < 4.78 is 38.5. The third-order valence-corrected chi connectivity index (χ3v) is 12.7. The lowest BCUT2D eigenvalue weighted by Crippen LogP contribution is -2.29. The quantitative estimate of drug-likeness (QED) is 0.0277. The normalized spacial score (nSPS) is 17.5. The van der Waals surface area contributed by atoms with Crippen molar-refractivity contribution in [2.45, 2.75) is 122 Å². The van der Waals surface area contributed by atoms with Crippen LogP contribution < -0.4 is 23.7 Å². The summed E-state index contributed by atoms with van der Waals surface area (Å²) >= 11 is 0. The zero-order valence-electron chi connectivity index (χ0n) is 40.5. The van der Waals surface area contributed by atoms with Gasteiger partial charge in [-0.15, -0.1) is 0 Å². The second-order valence-electron chi connectivity index (χ2n) is 18.0. The molecule has 0 radical (unpaired) electrons. The van der Waals surface area contributed by atoms with Gasteiger partial charge in [0.1, 0.15) is 28.8 Å². The molecular weight excluding hydrogens is 897 g/mol. The Morgan fingerprint density at radius 2 is 0.843 bits per heavy atom. The molecule has 0 heterocycles. The summed E-state index contributed by atoms with van der Waals surface area (Å²) in [5, 5.41) is 0. The van der Waals surface area contributed by atoms with Crippen LogP contribution in [0.4, 0.5) is 0 Å². The van der Waals surface area contributed by atoms with E-state index in [0.29, 0.717) is 84.2 Å². The van der Waals surface area contributed by atoms with Gasteiger partial charge in [0.25, 0.3) is 0 Å². The first-order valence-corrected chi connectivity index (χ1v) is 24.7. The number of ether oxygens (including phenoxy) is 7. The van der Waals surface area contributed by atoms with E-state index in [1.54, 1.807) is 0 Å². The van der Waals surface area contributed by atoms with Gasteiger partial charge in [0.05, 0.1) is 38.3 Å². The Morgan fingerprint density at radius 1 is 0.457 bits per heavy atom. The van der Waals surface area contributed by atoms with Crippen molar-refractivity contribution in [1.29, 1.82) is 0 Å². The number of hydrogen-bond acceptors (Lipinski definition) is 14. The maximum absolute atomic E-state index is 13.3. The van der Waals surface area contributed by atoms with Crippen molar-refractivity contribution in [1.82, 2.24) is 0 Å². The fourth-order valence-electron chi connectivity index (χ4n) is 8.62. The van der Waals surface area contributed by atoms with Crippen molar-refractivity contribution < 1.29 is 66.7 Å². The van der Waals surface area contributed by atoms with Crippen LogP contribution in [0.25, 0.3) is 0 Å². The minimum Gasteiger partial charge on any atom is -0.494 e. The lowest BCUT2D eigenvalue weighted by Gasteiger charge is -2.27. The van der Waals surface area contributed by atoms with Crippen LogP contribution in [0, 0.1) is 23.7 Å². The molecule has 0 atom stereocenters. The molecule has 3 aromatic carbocycles. The molecule has 376 valence electrons. The molecule has 0 N–H and O–H groups in total. The van der Waals surface area contributed by atoms with E-state index < -0.39 is 41.7 Å². The van der Waals surface area contributed by atoms with E-state index in [2.05, 4.69) is 13.2 Å². The maximum atomic E-state index is 13.3. The molecule has 0 unspecified atom stereocenters. The number of hydrogen-bond donors (Lipinski definition) is 0. The zero-order chi connectivity index (χ0) is 50.1. The minimum absolute atomic E-state index is 0.0181. The van der Waals surface area contributed by atoms with E-state index in [0.717, 1.165) is 86.1 Å². The van der Waals surface area contributed by atoms with Gasteiger partial charge < -0.3 is 33.2 Å². The number of esters is 5. The Bertz CT molecular complexity index is 2210. The average Bonchev–Trinajstić information content (AvgIpc) is 3.36. The number of carbonyl (C=O) groups excluding carboxylic acids is 7. The van der Waals surface area contributed by atoms with Gasteiger partial charge in [0.15, 0.2) is 11.5 Å². The van der Waals surface area contributed by atoms with E-state index in [9.17, 15) is 33.6 Å². The van der Waals surface area contributed by atoms with Crippen LogP contribution in [0.5, 0.6) is 28.7 Å². The largest absolute Gasteiger partial charge is 0.494 e. The topological polar surface area (TPSA) is 184 Å². The number of ketones is 2. The van der Waals surface area contributed by atoms with E-state index in [4.69, 9.17) is 33.2 Å². The van der Waals surface area contributed by atoms with Crippen molar-refractivity contribution in [3.8, 4) is 28.7 Å². The standard InChI is InChI=1S/C56H68O14/c1-4-53(60)66-34-12-8-6-10-32-64-46-26-14-40(15-27-46)36-49(58)42-18-22-44(23-19-42)55(62)69-48-30-31-51(52(38-48)68-39(3)57)70-56(63)45-24-20-43(21-25-45)50(59)37-41-16-28-47(29-17-41)65-33-11-7-9-13-35-67-54(61)5-2/h4-5,14-17,26-31,38,42-45H,1-2,6-13,18-25,32-37H2,3H3. The molecule has 2 saturated carbocycles. The molecule has 0 bridgehead atoms. The van der Waals surface area contributed by atoms with Gasteiger partial charge in [-0.2, -0.15) is 0 Å². The third-order valence-electron chi connectivity index (χ3n) is 12.7. The van der Waals surface area contributed by atoms with Gasteiger partial charge >= 0.3 is 29.8 Å². The van der Waals surface area contributed by atoms with Gasteiger partial charge in [0.2, 0.25) is 0 Å². The van der Waals surface area contributed by atoms with Crippen LogP contribution in [0.2, 0.25) is 0 Å². The second-order valence-corrected chi connectivity index (χ2v) is 18.0. The monoisotopic (exact) mass is 964 g/mol. The van der Waals surface area contributed by atoms with Crippen LogP contribution >= 0.6 is 0 Å². The van der Waals surface area contributed by atoms with Crippen molar-refractivity contribution in [3.63, 3.8) is 0 Å². The molecule has 2 fully saturated rings. The van der Waals surface area contributed by atoms with Crippen LogP contribution in [0.1, 0.15) is 121 Å². The number of benzene rings is 3. The van der Waals surface area contributed by atoms with Crippen molar-refractivity contribution in [3.05, 3.63) is 103 Å². The Labute approximate surface area is 411 Å². The number of carbonyl (C=O) groups is 7. The zero-order valence-corrected chi connectivity index (χ0v) is 40.5. The van der Waals surface area contributed by atoms with Crippen molar-refractivity contribution in [2.75, 3.05) is 26.4 Å². The second kappa shape index (κ2) is 29.5. The summed E-state index contributed by atoms with van der Waals surface area (Å²) in [6.07, 6.45) is 14.2. The molecule has 70 heavy (non-hydrogen) atoms. The molecule has 14 nitrogen and oxygen atoms in total. The molecule has 2 aliphatic rings. The highest BCUT2D eigenvalue weighted by molar-refractivity contribution is 5.85. The van der Waals surface area contributed by atoms with E-state index in [1.165, 1.54) is 25.1 Å². The molecule has 5 rings (SSSR count). The first-order chi connectivity index (χ1) is 33.9. The Balaban J connectivity index is 0.980. The van der Waals surface area contributed by atoms with Gasteiger partial charge in [-0.05, 0) is 150 Å². The molecule has 0 aliphatic heterocycles. The highest BCUT2D eigenvalue weighted by Gasteiger charge is 2.33. The number of rotatable bonds is 29. The number of unbranched alkanes of at least 4 members (excludes halogenated alkanes) is 6. The first kappa shape index (κ1) is 54.4. The number of Topliss-reactive ketones (excluding diaryl/α,β-unsaturated/α-hetero) is 2. The van der Waals surface area contributed by atoms with Gasteiger partial charge in [-0.1, -0.05) is 37.4 Å². The van der Waals surface area contributed by atoms with Crippen LogP contribution in [-0.2, 0) is 55.9 Å². The lowest BCUT2D eigenvalue weighted by atomic mass is 9.79. The van der Waals surface area contributed by atoms with Gasteiger partial charge in [0, 0.05) is 49.8 Å². The van der Waals surface area contributed by atoms with Crippen LogP contribution in [0.15, 0.2) is 92.0 Å². The van der Waals surface area contributed by atoms with Gasteiger partial charge in [-0.3, -0.25) is 24.0 Å². The molecule has 0 aromatic heterocycles. The third kappa shape index (κ3) is 19.1. The fourth-order valence-corrected chi connectivity index (χ4v) is 8.62. The van der Waals surface area contributed by atoms with E-state index in [1.807, 2.05) is 48.5 Å². The first-order valence-electron chi connectivity index (χ1n) is 24.7. The fraction of sp³-hybridized carbons (Fsp3) is 0.482. The molecule has 2 aliphatic carbocycles. The van der Waals surface area contributed by atoms with E-state index in [-0.39, 0.29) is 47.1 Å². The summed E-state index contributed by atoms with van der Waals surface area (Å²) in [6, 6.07) is 19.3. The van der Waals surface area contributed by atoms with Crippen molar-refractivity contribution >= 4 is 41.4 Å². The SMILES string of the molecule is C=CC(=O)OCCCCCCOc1ccc(CC(=O)C2CCC(C(=O)Oc3ccc(OC(=O)C4CCC(C(=O)Cc5ccc(OCCCCCCOC(=O)C=C)cc5)CC4)c(OC(C)=O)c3)CC2)cc1. The molecule has 0 spiro atoms. The Morgan fingerprint density at radius 3 is 1.26 bits per heavy atom. The Kier molecular flexibility index (Phi) is 22.9. The predicted molar refractivity (Wildman–Crippen MR) is 260 cm³/mol. The summed E-state index contributed by atoms with van der Waals surface area (Å²) in [7, 11) is 0. The molecule has 0 amide bonds. The Hall–Kier alpha value is -6.57. The lowest BCUT2D eigenvalue weighted by molar-refractivity contribution is -0.142. The highest BCUT2D eigenvalue weighted by atomic mass is 16.6. The van der Waals surface area contributed by atoms with Crippen LogP contribution in [-0.4, -0.2) is 67.8 Å². The summed E-state index contributed by atoms with van der Waals surface area (Å²) in [5.41, 5.74) is 1.79. The minimum atomic E-state index is -0.645. The summed E-state index contributed by atoms with van der Waals surface area (Å²) in [5.74, 6) is -1.77. The molecule has 3 aromatic rings. The summed E-state index contributed by atoms with van der Waals surface area (Å²) in [4.78, 5) is 87.3. The van der Waals surface area contributed by atoms with Crippen LogP contribution in [0.3, 0.4) is 0 Å². The summed E-state index contributed by atoms with van der Waals surface area (Å²) in [6.45, 7) is 9.88. The molecule has 0 saturated heterocycles. The predicted octanol–water partition coefficient (Wildman–Crippen LogP) is 10.00. The molecular formula is C56H68O14. The molecule has 14 heteroatoms. The van der Waals surface area contributed by atoms with E-state index >= 15 is 0 Å². The smallest absolute Gasteiger partial charge is 0.330 e. The average molecular weight is 965 g/mol. The van der Waals surface area contributed by atoms with Gasteiger partial charge in [-0.25, -0.2) is 9.59 Å². The van der Waals surface area contributed by atoms with Crippen molar-refractivity contribution in [2.24, 2.45) is 23.7 Å². The highest BCUT2D eigenvalue weighted by Crippen LogP contribution is 2.37. The maximum Gasteiger partial charge on any atom is 0.330 e.